The number of alkyl halides is 3. The van der Waals surface area contributed by atoms with Gasteiger partial charge in [-0.05, 0) is 78.1 Å². The van der Waals surface area contributed by atoms with Gasteiger partial charge in [0.05, 0.1) is 30.2 Å². The van der Waals surface area contributed by atoms with Crippen molar-refractivity contribution in [3.8, 4) is 11.1 Å². The molecule has 11 heteroatoms. The molecule has 0 radical (unpaired) electrons. The van der Waals surface area contributed by atoms with Crippen LogP contribution in [0.2, 0.25) is 0 Å². The minimum absolute atomic E-state index is 0.399. The monoisotopic (exact) mass is 711 g/mol. The van der Waals surface area contributed by atoms with Crippen LogP contribution < -0.4 is 5.56 Å². The van der Waals surface area contributed by atoms with Gasteiger partial charge in [-0.1, -0.05) is 80.9 Å². The molecule has 1 aromatic heterocycles. The van der Waals surface area contributed by atoms with Gasteiger partial charge in [0, 0.05) is 54.3 Å². The van der Waals surface area contributed by atoms with Crippen LogP contribution in [0.5, 0.6) is 0 Å². The van der Waals surface area contributed by atoms with Crippen LogP contribution in [0.15, 0.2) is 82.5 Å². The largest absolute Gasteiger partial charge is 0.416 e. The molecule has 6 nitrogen and oxygen atoms in total. The summed E-state index contributed by atoms with van der Waals surface area (Å²) in [7, 11) is 0. The number of likely N-dealkylation sites (N-methyl/N-ethyl adjacent to an activating group) is 1. The molecule has 3 aromatic carbocycles. The molecule has 254 valence electrons. The van der Waals surface area contributed by atoms with Gasteiger partial charge in [0.15, 0.2) is 5.16 Å². The molecule has 4 aromatic rings. The Bertz CT molecular complexity index is 3200. The van der Waals surface area contributed by atoms with Crippen molar-refractivity contribution in [2.75, 3.05) is 26.0 Å². The Balaban J connectivity index is 2.03. The third-order valence-corrected chi connectivity index (χ3v) is 6.42. The van der Waals surface area contributed by atoms with Crippen LogP contribution in [0.25, 0.3) is 11.1 Å². The van der Waals surface area contributed by atoms with Crippen LogP contribution >= 0.6 is 11.8 Å². The summed E-state index contributed by atoms with van der Waals surface area (Å²) in [6.07, 6.45) is -13.2. The van der Waals surface area contributed by atoms with Gasteiger partial charge in [-0.2, -0.15) is 18.2 Å². The van der Waals surface area contributed by atoms with Gasteiger partial charge >= 0.3 is 6.18 Å². The first-order valence-corrected chi connectivity index (χ1v) is 13.8. The Morgan fingerprint density at radius 1 is 1.00 bits per heavy atom. The number of benzene rings is 3. The SMILES string of the molecule is [2H]c1c([2H])c(C([2H])([2H])Sc2nc(=O)c3c(n2C([2H])([2H])C(=O)N(C([2H])([2H])c2c([2H])c([2H])c(-c4c([2H])c([2H])c(C(F)(F)F)c([2H])c4[2H])c([2H])c2[2H])C([2H])([2H])C([2H])([2H])N(C([2H])([2H])C)C([2H])([2H])C)C([2H])([2H])C([2H])(C)C3([2H])[2H])c([2H])c([2H])c1F. The van der Waals surface area contributed by atoms with Crippen LogP contribution in [0.4, 0.5) is 17.6 Å². The van der Waals surface area contributed by atoms with Crippen molar-refractivity contribution in [1.82, 2.24) is 19.4 Å². The van der Waals surface area contributed by atoms with Crippen LogP contribution in [0.1, 0.15) is 91.2 Å². The number of hydrogen-bond donors (Lipinski definition) is 0. The number of thioether (sulfide) groups is 1. The van der Waals surface area contributed by atoms with Gasteiger partial charge < -0.3 is 14.4 Å². The van der Waals surface area contributed by atoms with E-state index in [1.165, 1.54) is 0 Å². The van der Waals surface area contributed by atoms with Crippen LogP contribution in [0.3, 0.4) is 0 Å². The molecule has 1 heterocycles. The Morgan fingerprint density at radius 3 is 2.21 bits per heavy atom. The summed E-state index contributed by atoms with van der Waals surface area (Å²) < 4.78 is 326. The van der Waals surface area contributed by atoms with E-state index in [9.17, 15) is 30.6 Å². The maximum absolute atomic E-state index is 15.7. The fourth-order valence-corrected chi connectivity index (χ4v) is 4.18. The predicted molar refractivity (Wildman–Crippen MR) is 181 cm³/mol. The second-order valence-corrected chi connectivity index (χ2v) is 9.67. The van der Waals surface area contributed by atoms with Gasteiger partial charge in [-0.15, -0.1) is 0 Å². The highest BCUT2D eigenvalue weighted by Crippen LogP contribution is 2.32. The number of aromatic nitrogens is 2. The molecule has 1 aliphatic carbocycles. The van der Waals surface area contributed by atoms with E-state index in [2.05, 4.69) is 4.98 Å². The quantitative estimate of drug-likeness (QED) is 0.0819. The predicted octanol–water partition coefficient (Wildman–Crippen LogP) is 7.47. The summed E-state index contributed by atoms with van der Waals surface area (Å²) in [6.45, 7) is -25.2. The molecule has 48 heavy (non-hydrogen) atoms. The number of nitrogens with zero attached hydrogens (tertiary/aromatic N) is 4. The minimum Gasteiger partial charge on any atom is -0.336 e. The molecule has 5 rings (SSSR count). The Kier molecular flexibility index (Phi) is 4.22. The lowest BCUT2D eigenvalue weighted by Gasteiger charge is -2.28. The second kappa shape index (κ2) is 15.5. The van der Waals surface area contributed by atoms with Crippen molar-refractivity contribution in [2.24, 2.45) is 5.89 Å². The molecule has 0 bridgehead atoms. The normalized spacial score (nSPS) is 29.5. The maximum Gasteiger partial charge on any atom is 0.416 e. The second-order valence-electron chi connectivity index (χ2n) is 8.89. The highest BCUT2D eigenvalue weighted by Gasteiger charge is 2.30. The van der Waals surface area contributed by atoms with Crippen LogP contribution in [0, 0.1) is 11.7 Å². The van der Waals surface area contributed by atoms with Crippen LogP contribution in [-0.4, -0.2) is 51.2 Å². The summed E-state index contributed by atoms with van der Waals surface area (Å²) in [5.74, 6) is -8.30. The topological polar surface area (TPSA) is 58.4 Å². The van der Waals surface area contributed by atoms with E-state index in [1.807, 2.05) is 0 Å². The van der Waals surface area contributed by atoms with E-state index in [-0.39, 0.29) is 0 Å². The van der Waals surface area contributed by atoms with Crippen molar-refractivity contribution in [1.29, 1.82) is 0 Å². The lowest BCUT2D eigenvalue weighted by atomic mass is 10.0. The molecule has 1 unspecified atom stereocenters. The lowest BCUT2D eigenvalue weighted by molar-refractivity contribution is -0.137. The van der Waals surface area contributed by atoms with E-state index in [0.29, 0.717) is 20.8 Å². The molecular formula is C37H40F4N4O2S. The summed E-state index contributed by atoms with van der Waals surface area (Å²) in [4.78, 5) is 31.1. The number of amides is 1. The van der Waals surface area contributed by atoms with Gasteiger partial charge in [0.1, 0.15) is 12.3 Å². The molecule has 0 spiro atoms. The lowest BCUT2D eigenvalue weighted by Crippen LogP contribution is -2.40. The Labute approximate surface area is 326 Å². The van der Waals surface area contributed by atoms with Gasteiger partial charge in [0.25, 0.3) is 5.56 Å². The number of carbonyl (C=O) groups excluding carboxylic acids is 1. The van der Waals surface area contributed by atoms with E-state index in [4.69, 9.17) is 34.3 Å². The third-order valence-electron chi connectivity index (χ3n) is 5.66. The third kappa shape index (κ3) is 8.73. The maximum atomic E-state index is 15.7. The molecule has 0 aliphatic heterocycles. The summed E-state index contributed by atoms with van der Waals surface area (Å²) in [5.41, 5.74) is -17.7. The van der Waals surface area contributed by atoms with E-state index >= 15 is 4.79 Å². The number of carbonyl (C=O) groups is 1. The van der Waals surface area contributed by atoms with E-state index in [0.717, 1.165) is 0 Å². The fourth-order valence-electron chi connectivity index (χ4n) is 3.53. The zero-order valence-corrected chi connectivity index (χ0v) is 25.3. The summed E-state index contributed by atoms with van der Waals surface area (Å²) in [6, 6.07) is -20.4. The van der Waals surface area contributed by atoms with Crippen molar-refractivity contribution < 1.29 is 64.8 Å². The molecule has 1 amide bonds. The number of halogens is 4. The summed E-state index contributed by atoms with van der Waals surface area (Å²) >= 11 is -0.746. The van der Waals surface area contributed by atoms with E-state index in [1.54, 1.807) is 0 Å². The van der Waals surface area contributed by atoms with Crippen molar-refractivity contribution in [2.45, 2.75) is 63.5 Å². The molecule has 0 fully saturated rings. The Hall–Kier alpha value is -3.96. The molecule has 1 aliphatic rings. The minimum atomic E-state index is -5.58. The van der Waals surface area contributed by atoms with Gasteiger partial charge in [0.2, 0.25) is 5.91 Å². The standard InChI is InChI=1S/C37H40F4N4O2S/c1-4-43(5-2)18-19-44(22-26-6-10-28(11-7-26)29-12-14-30(15-13-29)37(39,40)41)34(46)23-45-33-21-25(3)20-32(33)35(47)42-36(45)48-24-27-8-16-31(38)17-9-27/h6-17,25H,4-5,18-24H2,1-3H3/i4D2,5D2,6D,7D,8D,9D,10D,11D,12D,13D,14D,15D,16D,17D,18D2,19D2,20D2,21D2,22D2,23D2,24D2,25D. The van der Waals surface area contributed by atoms with Crippen molar-refractivity contribution in [3.63, 3.8) is 0 Å². The number of rotatable bonds is 13. The fraction of sp³-hybridized carbons (Fsp3) is 0.378. The highest BCUT2D eigenvalue weighted by atomic mass is 32.2. The average Bonchev–Trinajstić information content (AvgIpc) is 3.35. The number of fused-ring (bicyclic) bond motifs is 1. The molecule has 1 atom stereocenters. The molecule has 0 saturated heterocycles. The van der Waals surface area contributed by atoms with Crippen molar-refractivity contribution >= 4 is 17.7 Å². The first-order valence-electron chi connectivity index (χ1n) is 28.5. The first kappa shape index (κ1) is 13.1. The molecule has 0 saturated carbocycles. The summed E-state index contributed by atoms with van der Waals surface area (Å²) in [5, 5.41) is -1.78. The highest BCUT2D eigenvalue weighted by molar-refractivity contribution is 7.98. The van der Waals surface area contributed by atoms with Gasteiger partial charge in [-0.3, -0.25) is 9.59 Å². The smallest absolute Gasteiger partial charge is 0.336 e. The van der Waals surface area contributed by atoms with Crippen LogP contribution in [-0.2, 0) is 42.4 Å². The van der Waals surface area contributed by atoms with Gasteiger partial charge in [-0.25, -0.2) is 4.39 Å². The Morgan fingerprint density at radius 2 is 1.60 bits per heavy atom. The molecular weight excluding hydrogens is 640 g/mol. The molecule has 0 N–H and O–H groups in total. The average molecular weight is 712 g/mol. The zero-order chi connectivity index (χ0) is 61.9. The number of hydrogen-bond acceptors (Lipinski definition) is 5. The zero-order valence-electron chi connectivity index (χ0n) is 55.5. The van der Waals surface area contributed by atoms with E-state index < -0.39 is 230 Å². The first-order chi connectivity index (χ1) is 35.0. The van der Waals surface area contributed by atoms with Crippen molar-refractivity contribution in [3.05, 3.63) is 117 Å².